The summed E-state index contributed by atoms with van der Waals surface area (Å²) in [5.74, 6) is -0.335. The fraction of sp³-hybridized carbons (Fsp3) is 0.364. The summed E-state index contributed by atoms with van der Waals surface area (Å²) in [6.07, 6.45) is 1.73. The molecule has 0 saturated heterocycles. The predicted molar refractivity (Wildman–Crippen MR) is 53.9 cm³/mol. The smallest absolute Gasteiger partial charge is 0.313 e. The Morgan fingerprint density at radius 1 is 1.57 bits per heavy atom. The van der Waals surface area contributed by atoms with Gasteiger partial charge >= 0.3 is 5.97 Å². The number of aryl methyl sites for hydroxylation is 1. The number of hydrogen-bond donors (Lipinski definition) is 1. The summed E-state index contributed by atoms with van der Waals surface area (Å²) in [6.45, 7) is 0. The zero-order valence-electron chi connectivity index (χ0n) is 8.12. The molecule has 0 saturated carbocycles. The van der Waals surface area contributed by atoms with Gasteiger partial charge in [0.2, 0.25) is 0 Å². The first-order valence-corrected chi connectivity index (χ1v) is 4.69. The number of hydrogen-bond acceptors (Lipinski definition) is 3. The van der Waals surface area contributed by atoms with Crippen LogP contribution in [0.3, 0.4) is 0 Å². The highest BCUT2D eigenvalue weighted by atomic mass is 16.5. The third-order valence-corrected chi connectivity index (χ3v) is 2.77. The number of esters is 1. The van der Waals surface area contributed by atoms with Crippen LogP contribution in [0, 0.1) is 0 Å². The summed E-state index contributed by atoms with van der Waals surface area (Å²) in [5, 5.41) is 0. The van der Waals surface area contributed by atoms with E-state index < -0.39 is 0 Å². The summed E-state index contributed by atoms with van der Waals surface area (Å²) in [6, 6.07) is 5.78. The molecule has 1 aromatic rings. The molecule has 1 unspecified atom stereocenters. The molecule has 0 spiro atoms. The number of carbonyl (C=O) groups is 1. The minimum Gasteiger partial charge on any atom is -0.469 e. The summed E-state index contributed by atoms with van der Waals surface area (Å²) < 4.78 is 4.75. The van der Waals surface area contributed by atoms with E-state index in [0.717, 1.165) is 18.4 Å². The Labute approximate surface area is 82.9 Å². The summed E-state index contributed by atoms with van der Waals surface area (Å²) >= 11 is 0. The zero-order valence-corrected chi connectivity index (χ0v) is 8.12. The van der Waals surface area contributed by atoms with Gasteiger partial charge in [-0.3, -0.25) is 4.79 Å². The van der Waals surface area contributed by atoms with Crippen LogP contribution >= 0.6 is 0 Å². The van der Waals surface area contributed by atoms with Crippen LogP contribution in [-0.4, -0.2) is 13.1 Å². The van der Waals surface area contributed by atoms with E-state index in [1.165, 1.54) is 12.7 Å². The largest absolute Gasteiger partial charge is 0.469 e. The topological polar surface area (TPSA) is 52.3 Å². The van der Waals surface area contributed by atoms with E-state index >= 15 is 0 Å². The molecule has 0 heterocycles. The average molecular weight is 191 g/mol. The Balaban J connectivity index is 2.43. The number of rotatable bonds is 1. The molecule has 1 aliphatic carbocycles. The van der Waals surface area contributed by atoms with Gasteiger partial charge in [-0.25, -0.2) is 0 Å². The van der Waals surface area contributed by atoms with E-state index in [9.17, 15) is 4.79 Å². The zero-order chi connectivity index (χ0) is 10.1. The quantitative estimate of drug-likeness (QED) is 0.540. The second kappa shape index (κ2) is 3.33. The van der Waals surface area contributed by atoms with Crippen molar-refractivity contribution in [3.05, 3.63) is 29.3 Å². The van der Waals surface area contributed by atoms with Crippen LogP contribution in [0.2, 0.25) is 0 Å². The molecule has 2 rings (SSSR count). The fourth-order valence-electron chi connectivity index (χ4n) is 2.10. The summed E-state index contributed by atoms with van der Waals surface area (Å²) in [7, 11) is 1.42. The van der Waals surface area contributed by atoms with Gasteiger partial charge in [0.05, 0.1) is 13.0 Å². The summed E-state index contributed by atoms with van der Waals surface area (Å²) in [5.41, 5.74) is 8.70. The van der Waals surface area contributed by atoms with Crippen molar-refractivity contribution < 1.29 is 9.53 Å². The third kappa shape index (κ3) is 1.25. The molecule has 3 nitrogen and oxygen atoms in total. The second-order valence-electron chi connectivity index (χ2n) is 3.53. The van der Waals surface area contributed by atoms with E-state index in [4.69, 9.17) is 10.5 Å². The van der Waals surface area contributed by atoms with Crippen molar-refractivity contribution in [3.63, 3.8) is 0 Å². The van der Waals surface area contributed by atoms with Crippen LogP contribution in [0.15, 0.2) is 18.2 Å². The van der Waals surface area contributed by atoms with Gasteiger partial charge in [-0.2, -0.15) is 0 Å². The first kappa shape index (κ1) is 9.06. The Bertz CT molecular complexity index is 374. The van der Waals surface area contributed by atoms with Gasteiger partial charge in [0.15, 0.2) is 0 Å². The standard InChI is InChI=1S/C11H13NO2/c1-14-11(13)8-6-5-7-3-2-4-9(12)10(7)8/h2-4,8H,5-6,12H2,1H3. The van der Waals surface area contributed by atoms with Gasteiger partial charge in [-0.05, 0) is 30.0 Å². The molecule has 74 valence electrons. The lowest BCUT2D eigenvalue weighted by Gasteiger charge is -2.10. The number of methoxy groups -OCH3 is 1. The normalized spacial score (nSPS) is 19.1. The van der Waals surface area contributed by atoms with Crippen molar-refractivity contribution in [3.8, 4) is 0 Å². The van der Waals surface area contributed by atoms with Crippen LogP contribution in [0.25, 0.3) is 0 Å². The van der Waals surface area contributed by atoms with Gasteiger partial charge in [0.1, 0.15) is 0 Å². The van der Waals surface area contributed by atoms with Gasteiger partial charge < -0.3 is 10.5 Å². The first-order valence-electron chi connectivity index (χ1n) is 4.69. The lowest BCUT2D eigenvalue weighted by Crippen LogP contribution is -2.12. The highest BCUT2D eigenvalue weighted by Gasteiger charge is 2.30. The molecule has 2 N–H and O–H groups in total. The molecule has 0 bridgehead atoms. The molecule has 0 fully saturated rings. The van der Waals surface area contributed by atoms with Crippen molar-refractivity contribution >= 4 is 11.7 Å². The summed E-state index contributed by atoms with van der Waals surface area (Å²) in [4.78, 5) is 11.5. The van der Waals surface area contributed by atoms with Crippen molar-refractivity contribution in [1.29, 1.82) is 0 Å². The SMILES string of the molecule is COC(=O)C1CCc2cccc(N)c21. The van der Waals surface area contributed by atoms with E-state index in [1.54, 1.807) is 0 Å². The van der Waals surface area contributed by atoms with Gasteiger partial charge in [-0.15, -0.1) is 0 Å². The second-order valence-corrected chi connectivity index (χ2v) is 3.53. The molecule has 0 amide bonds. The average Bonchev–Trinajstić information content (AvgIpc) is 2.62. The predicted octanol–water partition coefficient (Wildman–Crippen LogP) is 1.47. The van der Waals surface area contributed by atoms with Crippen LogP contribution < -0.4 is 5.73 Å². The van der Waals surface area contributed by atoms with Gasteiger partial charge in [0.25, 0.3) is 0 Å². The number of nitrogens with two attached hydrogens (primary N) is 1. The van der Waals surface area contributed by atoms with Crippen LogP contribution in [-0.2, 0) is 16.0 Å². The van der Waals surface area contributed by atoms with E-state index in [2.05, 4.69) is 0 Å². The molecule has 1 atom stereocenters. The van der Waals surface area contributed by atoms with Crippen molar-refractivity contribution in [2.75, 3.05) is 12.8 Å². The van der Waals surface area contributed by atoms with Crippen LogP contribution in [0.1, 0.15) is 23.5 Å². The van der Waals surface area contributed by atoms with Gasteiger partial charge in [-0.1, -0.05) is 12.1 Å². The van der Waals surface area contributed by atoms with E-state index in [0.29, 0.717) is 5.69 Å². The van der Waals surface area contributed by atoms with Crippen molar-refractivity contribution in [1.82, 2.24) is 0 Å². The third-order valence-electron chi connectivity index (χ3n) is 2.77. The maximum Gasteiger partial charge on any atom is 0.313 e. The molecule has 1 aliphatic rings. The van der Waals surface area contributed by atoms with E-state index in [1.807, 2.05) is 18.2 Å². The number of nitrogen functional groups attached to an aromatic ring is 1. The molecule has 3 heteroatoms. The number of ether oxygens (including phenoxy) is 1. The number of benzene rings is 1. The fourth-order valence-corrected chi connectivity index (χ4v) is 2.10. The lowest BCUT2D eigenvalue weighted by atomic mass is 10.00. The highest BCUT2D eigenvalue weighted by molar-refractivity contribution is 5.82. The Hall–Kier alpha value is -1.51. The van der Waals surface area contributed by atoms with Crippen LogP contribution in [0.4, 0.5) is 5.69 Å². The van der Waals surface area contributed by atoms with Crippen LogP contribution in [0.5, 0.6) is 0 Å². The Morgan fingerprint density at radius 3 is 3.07 bits per heavy atom. The van der Waals surface area contributed by atoms with E-state index in [-0.39, 0.29) is 11.9 Å². The molecule has 0 aromatic heterocycles. The Morgan fingerprint density at radius 2 is 2.36 bits per heavy atom. The molecular weight excluding hydrogens is 178 g/mol. The van der Waals surface area contributed by atoms with Crippen molar-refractivity contribution in [2.45, 2.75) is 18.8 Å². The monoisotopic (exact) mass is 191 g/mol. The molecule has 14 heavy (non-hydrogen) atoms. The molecule has 0 radical (unpaired) electrons. The van der Waals surface area contributed by atoms with Crippen molar-refractivity contribution in [2.24, 2.45) is 0 Å². The number of anilines is 1. The maximum atomic E-state index is 11.5. The lowest BCUT2D eigenvalue weighted by molar-refractivity contribution is -0.142. The first-order chi connectivity index (χ1) is 6.74. The minimum atomic E-state index is -0.179. The highest BCUT2D eigenvalue weighted by Crippen LogP contribution is 2.37. The molecular formula is C11H13NO2. The maximum absolute atomic E-state index is 11.5. The Kier molecular flexibility index (Phi) is 2.15. The van der Waals surface area contributed by atoms with Gasteiger partial charge in [0, 0.05) is 5.69 Å². The molecule has 0 aliphatic heterocycles. The number of carbonyl (C=O) groups excluding carboxylic acids is 1. The minimum absolute atomic E-state index is 0.156. The number of fused-ring (bicyclic) bond motifs is 1. The molecule has 1 aromatic carbocycles.